The third kappa shape index (κ3) is 6.52. The van der Waals surface area contributed by atoms with Crippen LogP contribution in [0.3, 0.4) is 0 Å². The fourth-order valence-corrected chi connectivity index (χ4v) is 5.01. The Morgan fingerprint density at radius 2 is 1.64 bits per heavy atom. The fourth-order valence-electron chi connectivity index (χ4n) is 4.02. The molecule has 0 spiro atoms. The van der Waals surface area contributed by atoms with E-state index in [1.807, 2.05) is 64.9 Å². The Labute approximate surface area is 209 Å². The average Bonchev–Trinajstić information content (AvgIpc) is 3.30. The first-order chi connectivity index (χ1) is 17.0. The van der Waals surface area contributed by atoms with Gasteiger partial charge in [0.25, 0.3) is 25.8 Å². The normalized spacial score (nSPS) is 15.5. The Morgan fingerprint density at radius 1 is 0.972 bits per heavy atom. The molecule has 0 unspecified atom stereocenters. The highest BCUT2D eigenvalue weighted by Gasteiger charge is 2.27. The maximum atomic E-state index is 11.2. The van der Waals surface area contributed by atoms with Gasteiger partial charge in [-0.25, -0.2) is 0 Å². The van der Waals surface area contributed by atoms with Crippen LogP contribution in [-0.4, -0.2) is 44.0 Å². The van der Waals surface area contributed by atoms with Crippen LogP contribution in [0, 0.1) is 0 Å². The number of aromatic nitrogens is 1. The number of fused-ring (bicyclic) bond motifs is 2. The molecule has 0 atom stereocenters. The first kappa shape index (κ1) is 25.9. The highest BCUT2D eigenvalue weighted by molar-refractivity contribution is 7.86. The van der Waals surface area contributed by atoms with Crippen molar-refractivity contribution in [3.63, 3.8) is 0 Å². The largest absolute Gasteiger partial charge is 0.439 e. The molecule has 0 saturated carbocycles. The molecule has 192 valence electrons. The molecule has 2 N–H and O–H groups in total. The molecule has 0 fully saturated rings. The van der Waals surface area contributed by atoms with Crippen molar-refractivity contribution in [1.29, 1.82) is 0 Å². The molecule has 0 aliphatic carbocycles. The van der Waals surface area contributed by atoms with Crippen LogP contribution in [0.2, 0.25) is 0 Å². The second-order valence-electron chi connectivity index (χ2n) is 8.43. The minimum Gasteiger partial charge on any atom is -0.439 e. The summed E-state index contributed by atoms with van der Waals surface area (Å²) in [5, 5.41) is 0. The van der Waals surface area contributed by atoms with E-state index >= 15 is 0 Å². The van der Waals surface area contributed by atoms with Gasteiger partial charge in [-0.2, -0.15) is 21.4 Å². The molecular weight excluding hydrogens is 508 g/mol. The molecule has 0 saturated heterocycles. The van der Waals surface area contributed by atoms with E-state index in [4.69, 9.17) is 18.3 Å². The number of hydrogen-bond donors (Lipinski definition) is 2. The van der Waals surface area contributed by atoms with Gasteiger partial charge in [-0.1, -0.05) is 24.3 Å². The van der Waals surface area contributed by atoms with Gasteiger partial charge in [-0.15, -0.1) is 0 Å². The molecule has 2 heterocycles. The summed E-state index contributed by atoms with van der Waals surface area (Å²) in [5.74, 6) is 0.892. The number of allylic oxidation sites excluding steroid dienone is 2. The van der Waals surface area contributed by atoms with Gasteiger partial charge in [0.1, 0.15) is 0 Å². The van der Waals surface area contributed by atoms with Crippen LogP contribution in [0.15, 0.2) is 70.5 Å². The zero-order chi connectivity index (χ0) is 25.9. The minimum atomic E-state index is -4.08. The number of para-hydroxylation sites is 4. The Morgan fingerprint density at radius 3 is 2.39 bits per heavy atom. The Kier molecular flexibility index (Phi) is 7.50. The van der Waals surface area contributed by atoms with Crippen molar-refractivity contribution in [3.8, 4) is 5.75 Å². The topological polar surface area (TPSA) is 138 Å². The lowest BCUT2D eigenvalue weighted by Crippen LogP contribution is -2.36. The summed E-state index contributed by atoms with van der Waals surface area (Å²) in [4.78, 5) is 1.84. The van der Waals surface area contributed by atoms with Crippen molar-refractivity contribution < 1.29 is 39.7 Å². The Balaban J connectivity index is 1.63. The number of nitrogens with zero attached hydrogens (tertiary/aromatic N) is 2. The highest BCUT2D eigenvalue weighted by atomic mass is 32.2. The fraction of sp³-hybridized carbons (Fsp3) is 0.292. The predicted octanol–water partition coefficient (Wildman–Crippen LogP) is 3.42. The lowest BCUT2D eigenvalue weighted by Gasteiger charge is -2.18. The predicted molar refractivity (Wildman–Crippen MR) is 135 cm³/mol. The molecule has 1 aliphatic rings. The number of anilines is 1. The monoisotopic (exact) mass is 535 g/mol. The molecule has 12 heteroatoms. The molecule has 4 rings (SSSR count). The van der Waals surface area contributed by atoms with E-state index in [-0.39, 0.29) is 24.3 Å². The van der Waals surface area contributed by atoms with Crippen molar-refractivity contribution in [1.82, 2.24) is 0 Å². The van der Waals surface area contributed by atoms with Crippen molar-refractivity contribution >= 4 is 43.1 Å². The number of aryl methyl sites for hydroxylation is 1. The van der Waals surface area contributed by atoms with E-state index in [2.05, 4.69) is 0 Å². The van der Waals surface area contributed by atoms with Crippen LogP contribution < -0.4 is 14.2 Å². The first-order valence-electron chi connectivity index (χ1n) is 11.3. The van der Waals surface area contributed by atoms with Crippen LogP contribution in [-0.2, 0) is 26.8 Å². The van der Waals surface area contributed by atoms with Gasteiger partial charge in [0.15, 0.2) is 12.3 Å². The third-order valence-electron chi connectivity index (χ3n) is 5.54. The third-order valence-corrected chi connectivity index (χ3v) is 7.15. The summed E-state index contributed by atoms with van der Waals surface area (Å²) in [6, 6.07) is 14.7. The molecule has 1 aromatic heterocycles. The number of benzene rings is 2. The summed E-state index contributed by atoms with van der Waals surface area (Å²) in [7, 11) is -8.15. The molecule has 0 bridgehead atoms. The molecule has 0 radical (unpaired) electrons. The minimum absolute atomic E-state index is 0.202. The molecule has 2 aromatic carbocycles. The van der Waals surface area contributed by atoms with Gasteiger partial charge in [-0.05, 0) is 37.1 Å². The van der Waals surface area contributed by atoms with Gasteiger partial charge in [0.2, 0.25) is 11.5 Å². The van der Waals surface area contributed by atoms with Gasteiger partial charge in [-0.3, -0.25) is 9.11 Å². The van der Waals surface area contributed by atoms with Gasteiger partial charge in [0, 0.05) is 25.1 Å². The molecule has 1 aliphatic heterocycles. The van der Waals surface area contributed by atoms with Crippen LogP contribution in [0.1, 0.15) is 25.7 Å². The molecule has 3 aromatic rings. The lowest BCUT2D eigenvalue weighted by atomic mass is 10.2. The number of hydrogen-bond acceptors (Lipinski definition) is 7. The number of rotatable bonds is 10. The van der Waals surface area contributed by atoms with Crippen LogP contribution in [0.4, 0.5) is 5.69 Å². The zero-order valence-corrected chi connectivity index (χ0v) is 21.2. The van der Waals surface area contributed by atoms with Crippen molar-refractivity contribution in [3.05, 3.63) is 72.0 Å². The first-order valence-corrected chi connectivity index (χ1v) is 14.5. The summed E-state index contributed by atoms with van der Waals surface area (Å²) in [6.07, 6.45) is 3.99. The summed E-state index contributed by atoms with van der Waals surface area (Å²) >= 11 is 0. The van der Waals surface area contributed by atoms with E-state index < -0.39 is 20.2 Å². The van der Waals surface area contributed by atoms with E-state index in [1.165, 1.54) is 0 Å². The molecule has 10 nitrogen and oxygen atoms in total. The van der Waals surface area contributed by atoms with E-state index in [9.17, 15) is 16.8 Å². The second-order valence-corrected chi connectivity index (χ2v) is 11.6. The second kappa shape index (κ2) is 10.4. The SMILES string of the molecule is CC(=Cc1oc2ccccc2[n+]1CCCS(=O)(=O)O)C=C1Oc2ccccc2N1CCCS(=O)(=O)O. The summed E-state index contributed by atoms with van der Waals surface area (Å²) in [6.45, 7) is 2.48. The lowest BCUT2D eigenvalue weighted by molar-refractivity contribution is -0.677. The van der Waals surface area contributed by atoms with Crippen molar-refractivity contribution in [2.24, 2.45) is 0 Å². The van der Waals surface area contributed by atoms with Gasteiger partial charge < -0.3 is 14.1 Å². The standard InChI is InChI=1S/C24H26N2O8S2/c1-18(16-23-25(12-6-14-35(27,28)29)19-8-2-4-10-21(19)33-23)17-24-26(13-7-15-36(30,31)32)20-9-3-5-11-22(20)34-24/h2-5,8-11,16-17H,6-7,12-15H2,1H3,(H-,27,28,29,30,31,32)/p+1. The van der Waals surface area contributed by atoms with E-state index in [0.717, 1.165) is 16.8 Å². The van der Waals surface area contributed by atoms with E-state index in [1.54, 1.807) is 12.2 Å². The summed E-state index contributed by atoms with van der Waals surface area (Å²) in [5.41, 5.74) is 2.97. The van der Waals surface area contributed by atoms with Gasteiger partial charge >= 0.3 is 5.89 Å². The zero-order valence-electron chi connectivity index (χ0n) is 19.6. The number of oxazole rings is 1. The quantitative estimate of drug-likeness (QED) is 0.295. The van der Waals surface area contributed by atoms with Crippen LogP contribution in [0.25, 0.3) is 17.2 Å². The van der Waals surface area contributed by atoms with Crippen LogP contribution in [0.5, 0.6) is 5.75 Å². The average molecular weight is 536 g/mol. The van der Waals surface area contributed by atoms with Crippen molar-refractivity contribution in [2.45, 2.75) is 26.3 Å². The van der Waals surface area contributed by atoms with Crippen LogP contribution >= 0.6 is 0 Å². The highest BCUT2D eigenvalue weighted by Crippen LogP contribution is 2.39. The number of ether oxygens (including phenoxy) is 1. The van der Waals surface area contributed by atoms with E-state index in [0.29, 0.717) is 36.2 Å². The maximum absolute atomic E-state index is 11.2. The Hall–Kier alpha value is -3.19. The molecule has 0 amide bonds. The maximum Gasteiger partial charge on any atom is 0.374 e. The summed E-state index contributed by atoms with van der Waals surface area (Å²) < 4.78 is 76.7. The Bertz CT molecular complexity index is 1540. The molecule has 36 heavy (non-hydrogen) atoms. The smallest absolute Gasteiger partial charge is 0.374 e. The van der Waals surface area contributed by atoms with Crippen molar-refractivity contribution in [2.75, 3.05) is 23.0 Å². The van der Waals surface area contributed by atoms with Gasteiger partial charge in [0.05, 0.1) is 23.3 Å². The molecular formula is C24H27N2O8S2+.